The van der Waals surface area contributed by atoms with E-state index in [1.54, 1.807) is 22.3 Å². The topological polar surface area (TPSA) is 51.6 Å². The Morgan fingerprint density at radius 2 is 0.531 bits per heavy atom. The van der Waals surface area contributed by atoms with Crippen molar-refractivity contribution < 1.29 is 0 Å². The average Bonchev–Trinajstić information content (AvgIpc) is 1.52. The third kappa shape index (κ3) is 21.5. The number of unbranched alkanes of at least 4 members (excludes halogenated alkanes) is 48. The molecule has 0 amide bonds. The van der Waals surface area contributed by atoms with Crippen LogP contribution in [-0.2, 0) is 10.8 Å². The minimum absolute atomic E-state index is 0.0758. The number of benzene rings is 3. The normalized spacial score (nSPS) is 13.7. The molecule has 4 heterocycles. The number of aromatic nitrogens is 4. The van der Waals surface area contributed by atoms with Crippen molar-refractivity contribution in [3.05, 3.63) is 69.1 Å². The molecular weight excluding hydrogens is 1240 g/mol. The lowest BCUT2D eigenvalue weighted by Crippen LogP contribution is -2.27. The summed E-state index contributed by atoms with van der Waals surface area (Å²) in [5, 5.41) is 0. The van der Waals surface area contributed by atoms with Gasteiger partial charge in [-0.3, -0.25) is 0 Å². The van der Waals surface area contributed by atoms with Crippen molar-refractivity contribution in [3.8, 4) is 32.7 Å². The fraction of sp³-hybridized carbons (Fsp3) is 0.727. The summed E-state index contributed by atoms with van der Waals surface area (Å²) < 4.78 is 24.2. The highest BCUT2D eigenvalue weighted by Crippen LogP contribution is 2.63. The zero-order valence-corrected chi connectivity index (χ0v) is 65.7. The van der Waals surface area contributed by atoms with Crippen LogP contribution < -0.4 is 0 Å². The van der Waals surface area contributed by atoms with Crippen LogP contribution in [0.2, 0.25) is 0 Å². The van der Waals surface area contributed by atoms with Crippen LogP contribution in [0.15, 0.2) is 36.4 Å². The third-order valence-electron chi connectivity index (χ3n) is 23.5. The molecule has 0 saturated heterocycles. The van der Waals surface area contributed by atoms with Gasteiger partial charge in [0.25, 0.3) is 0 Å². The lowest BCUT2D eigenvalue weighted by atomic mass is 9.68. The minimum Gasteiger partial charge on any atom is -0.173 e. The van der Waals surface area contributed by atoms with Crippen molar-refractivity contribution in [2.24, 2.45) is 0 Å². The summed E-state index contributed by atoms with van der Waals surface area (Å²) in [6.45, 7) is 14.0. The average molecular weight is 1380 g/mol. The summed E-state index contributed by atoms with van der Waals surface area (Å²) in [6, 6.07) is 16.0. The van der Waals surface area contributed by atoms with Gasteiger partial charge in [-0.2, -0.15) is 17.5 Å². The Morgan fingerprint density at radius 3 is 0.865 bits per heavy atom. The molecule has 0 spiro atoms. The number of aryl methyl sites for hydroxylation is 2. The molecule has 7 aromatic rings. The highest BCUT2D eigenvalue weighted by Gasteiger charge is 2.50. The van der Waals surface area contributed by atoms with E-state index in [9.17, 15) is 0 Å². The molecule has 0 bridgehead atoms. The molecule has 0 atom stereocenters. The molecule has 0 aliphatic heterocycles. The lowest BCUT2D eigenvalue weighted by molar-refractivity contribution is 0.393. The number of hydrogen-bond acceptors (Lipinski definition) is 8. The lowest BCUT2D eigenvalue weighted by Gasteiger charge is -2.35. The SMILES string of the molecule is CCCCCCCCCCCCCCCC1(CCCCCCCCCCCCCCC)c2cc3c(cc2-c2c1cc(C)c1nsnc21)C(CCCCCCCCCCCCCCC)(CCCCCCCCCCCCCCC)c1cc(-c2cc4sc(C)cc4s2)c2nsnc2c1-3. The highest BCUT2D eigenvalue weighted by molar-refractivity contribution is 7.29. The quantitative estimate of drug-likeness (QED) is 0.0357. The second-order valence-electron chi connectivity index (χ2n) is 31.2. The summed E-state index contributed by atoms with van der Waals surface area (Å²) in [7, 11) is 0. The Hall–Kier alpha value is -3.04. The maximum Gasteiger partial charge on any atom is 0.114 e. The van der Waals surface area contributed by atoms with Gasteiger partial charge < -0.3 is 0 Å². The van der Waals surface area contributed by atoms with E-state index in [1.807, 2.05) is 22.7 Å². The highest BCUT2D eigenvalue weighted by atomic mass is 32.1. The second kappa shape index (κ2) is 43.0. The molecule has 9 rings (SSSR count). The van der Waals surface area contributed by atoms with E-state index >= 15 is 0 Å². The first kappa shape index (κ1) is 77.1. The Kier molecular flexibility index (Phi) is 34.6. The van der Waals surface area contributed by atoms with E-state index in [0.29, 0.717) is 0 Å². The Bertz CT molecular complexity index is 3190. The Labute approximate surface area is 604 Å². The molecule has 8 heteroatoms. The van der Waals surface area contributed by atoms with E-state index in [2.05, 4.69) is 77.9 Å². The number of thiophene rings is 2. The van der Waals surface area contributed by atoms with Gasteiger partial charge in [0.1, 0.15) is 22.1 Å². The van der Waals surface area contributed by atoms with Crippen molar-refractivity contribution in [3.63, 3.8) is 0 Å². The third-order valence-corrected chi connectivity index (χ3v) is 26.7. The maximum atomic E-state index is 5.50. The molecule has 4 aromatic heterocycles. The van der Waals surface area contributed by atoms with Gasteiger partial charge in [0.05, 0.1) is 23.5 Å². The molecule has 0 fully saturated rings. The first-order chi connectivity index (χ1) is 47.4. The van der Waals surface area contributed by atoms with Gasteiger partial charge in [-0.15, -0.1) is 22.7 Å². The van der Waals surface area contributed by atoms with Crippen LogP contribution in [0, 0.1) is 13.8 Å². The van der Waals surface area contributed by atoms with Crippen LogP contribution in [0.3, 0.4) is 0 Å². The van der Waals surface area contributed by atoms with E-state index < -0.39 is 0 Å². The summed E-state index contributed by atoms with van der Waals surface area (Å²) >= 11 is 6.83. The van der Waals surface area contributed by atoms with Crippen LogP contribution in [-0.4, -0.2) is 17.5 Å². The smallest absolute Gasteiger partial charge is 0.114 e. The standard InChI is InChI=1S/C88H136N4S4/c1-7-11-15-19-23-27-31-35-39-43-47-51-55-59-87(60-56-52-48-44-40-36-32-28-24-20-16-12-8-2)74-66-72-75(65-71(74)81-76(87)63-69(5)83-85(81)91-95-89-83)88(61-57-53-49-45-41-37-33-29-25-21-17-13-9-3,62-58-54-50-46-42-38-34-30-26-22-18-14-10-4)77-67-73(84-86(82(72)77)92-96-90-84)78-68-80-79(94-78)64-70(6)93-80/h63-68H,7-62H2,1-6H3. The predicted octanol–water partition coefficient (Wildman–Crippen LogP) is 31.7. The fourth-order valence-corrected chi connectivity index (χ4v) is 21.3. The monoisotopic (exact) mass is 1380 g/mol. The Morgan fingerprint density at radius 1 is 0.260 bits per heavy atom. The van der Waals surface area contributed by atoms with Crippen LogP contribution in [0.4, 0.5) is 0 Å². The van der Waals surface area contributed by atoms with Gasteiger partial charge in [-0.1, -0.05) is 368 Å². The van der Waals surface area contributed by atoms with Crippen LogP contribution in [0.25, 0.3) is 64.2 Å². The predicted molar refractivity (Wildman–Crippen MR) is 430 cm³/mol. The number of fused-ring (bicyclic) bond motifs is 11. The molecule has 3 aromatic carbocycles. The molecule has 4 nitrogen and oxygen atoms in total. The van der Waals surface area contributed by atoms with Gasteiger partial charge in [0.2, 0.25) is 0 Å². The molecule has 2 aliphatic rings. The summed E-state index contributed by atoms with van der Waals surface area (Å²) in [4.78, 5) is 2.76. The first-order valence-corrected chi connectivity index (χ1v) is 44.7. The molecule has 96 heavy (non-hydrogen) atoms. The molecule has 0 N–H and O–H groups in total. The van der Waals surface area contributed by atoms with Crippen molar-refractivity contribution in [1.29, 1.82) is 0 Å². The summed E-state index contributed by atoms with van der Waals surface area (Å²) in [5.41, 5.74) is 19.2. The van der Waals surface area contributed by atoms with Crippen molar-refractivity contribution >= 4 is 77.6 Å². The number of nitrogens with zero attached hydrogens (tertiary/aromatic N) is 4. The van der Waals surface area contributed by atoms with Gasteiger partial charge in [0, 0.05) is 46.7 Å². The molecule has 2 aliphatic carbocycles. The molecule has 0 radical (unpaired) electrons. The minimum atomic E-state index is -0.118. The fourth-order valence-electron chi connectivity index (χ4n) is 17.8. The van der Waals surface area contributed by atoms with E-state index in [0.717, 1.165) is 16.6 Å². The van der Waals surface area contributed by atoms with Crippen LogP contribution in [0.5, 0.6) is 0 Å². The molecule has 0 unspecified atom stereocenters. The second-order valence-corrected chi connectivity index (χ2v) is 34.6. The van der Waals surface area contributed by atoms with Crippen LogP contribution >= 0.6 is 46.1 Å². The number of rotatable bonds is 57. The van der Waals surface area contributed by atoms with Gasteiger partial charge in [0.15, 0.2) is 0 Å². The van der Waals surface area contributed by atoms with Gasteiger partial charge >= 0.3 is 0 Å². The van der Waals surface area contributed by atoms with Gasteiger partial charge in [-0.05, 0) is 109 Å². The Balaban J connectivity index is 1.05. The molecule has 0 saturated carbocycles. The van der Waals surface area contributed by atoms with E-state index in [-0.39, 0.29) is 10.8 Å². The maximum absolute atomic E-state index is 5.50. The van der Waals surface area contributed by atoms with Crippen LogP contribution in [0.1, 0.15) is 420 Å². The number of hydrogen-bond donors (Lipinski definition) is 0. The van der Waals surface area contributed by atoms with E-state index in [1.165, 1.54) is 441 Å². The summed E-state index contributed by atoms with van der Waals surface area (Å²) in [5.74, 6) is 0. The van der Waals surface area contributed by atoms with Gasteiger partial charge in [-0.25, -0.2) is 0 Å². The zero-order chi connectivity index (χ0) is 66.9. The van der Waals surface area contributed by atoms with E-state index in [4.69, 9.17) is 17.5 Å². The van der Waals surface area contributed by atoms with Crippen molar-refractivity contribution in [2.45, 2.75) is 412 Å². The largest absolute Gasteiger partial charge is 0.173 e. The molecular formula is C88H136N4S4. The molecule has 532 valence electrons. The zero-order valence-electron chi connectivity index (χ0n) is 62.5. The first-order valence-electron chi connectivity index (χ1n) is 41.6. The van der Waals surface area contributed by atoms with Crippen molar-refractivity contribution in [1.82, 2.24) is 17.5 Å². The summed E-state index contributed by atoms with van der Waals surface area (Å²) in [6.07, 6.45) is 76.9. The van der Waals surface area contributed by atoms with Crippen molar-refractivity contribution in [2.75, 3.05) is 0 Å².